The van der Waals surface area contributed by atoms with Crippen molar-refractivity contribution in [2.24, 2.45) is 5.92 Å². The number of carbonyl (C=O) groups excluding carboxylic acids is 1. The molecule has 2 rings (SSSR count). The first-order valence-electron chi connectivity index (χ1n) is 7.07. The molecule has 0 saturated carbocycles. The van der Waals surface area contributed by atoms with Gasteiger partial charge in [-0.3, -0.25) is 14.4 Å². The summed E-state index contributed by atoms with van der Waals surface area (Å²) in [5, 5.41) is 11.7. The van der Waals surface area contributed by atoms with Crippen molar-refractivity contribution in [1.29, 1.82) is 0 Å². The first-order valence-corrected chi connectivity index (χ1v) is 7.07. The highest BCUT2D eigenvalue weighted by Gasteiger charge is 2.16. The zero-order valence-corrected chi connectivity index (χ0v) is 12.9. The van der Waals surface area contributed by atoms with Crippen LogP contribution in [-0.2, 0) is 11.2 Å². The molecule has 21 heavy (non-hydrogen) atoms. The van der Waals surface area contributed by atoms with Crippen LogP contribution in [0.1, 0.15) is 30.8 Å². The van der Waals surface area contributed by atoms with Crippen LogP contribution in [0.5, 0.6) is 0 Å². The van der Waals surface area contributed by atoms with Gasteiger partial charge in [0, 0.05) is 5.69 Å². The molecule has 2 aromatic heterocycles. The van der Waals surface area contributed by atoms with E-state index in [9.17, 15) is 4.79 Å². The molecule has 0 aliphatic rings. The molecule has 0 aliphatic heterocycles. The van der Waals surface area contributed by atoms with E-state index in [-0.39, 0.29) is 6.54 Å². The minimum atomic E-state index is -0.481. The third-order valence-electron chi connectivity index (χ3n) is 3.26. The van der Waals surface area contributed by atoms with Crippen molar-refractivity contribution in [2.45, 2.75) is 34.1 Å². The number of nitrogens with one attached hydrogen (secondary N) is 2. The van der Waals surface area contributed by atoms with Crippen LogP contribution in [0, 0.1) is 19.8 Å². The van der Waals surface area contributed by atoms with Gasteiger partial charge in [0.25, 0.3) is 5.91 Å². The number of amides is 1. The van der Waals surface area contributed by atoms with Crippen molar-refractivity contribution < 1.29 is 10.0 Å². The molecule has 0 spiro atoms. The first kappa shape index (κ1) is 15.3. The van der Waals surface area contributed by atoms with Crippen LogP contribution in [0.15, 0.2) is 12.1 Å². The normalized spacial score (nSPS) is 11.1. The van der Waals surface area contributed by atoms with Gasteiger partial charge < -0.3 is 5.32 Å². The number of carbonyl (C=O) groups is 1. The second kappa shape index (κ2) is 6.13. The molecular weight excluding hydrogens is 268 g/mol. The molecule has 6 heteroatoms. The van der Waals surface area contributed by atoms with Crippen molar-refractivity contribution in [1.82, 2.24) is 14.9 Å². The van der Waals surface area contributed by atoms with E-state index in [0.717, 1.165) is 34.8 Å². The number of aromatic nitrogens is 2. The van der Waals surface area contributed by atoms with Crippen LogP contribution in [-0.4, -0.2) is 27.0 Å². The number of pyridine rings is 1. The van der Waals surface area contributed by atoms with Crippen molar-refractivity contribution in [3.63, 3.8) is 0 Å². The summed E-state index contributed by atoms with van der Waals surface area (Å²) in [4.78, 5) is 15.9. The number of imidazole rings is 1. The minimum absolute atomic E-state index is 0.00268. The topological polar surface area (TPSA) is 78.7 Å². The summed E-state index contributed by atoms with van der Waals surface area (Å²) in [6.07, 6.45) is 0.823. The lowest BCUT2D eigenvalue weighted by Crippen LogP contribution is -2.27. The summed E-state index contributed by atoms with van der Waals surface area (Å²) in [5.74, 6) is 0.800. The van der Waals surface area contributed by atoms with Crippen LogP contribution in [0.3, 0.4) is 0 Å². The number of hydroxylamine groups is 1. The average molecular weight is 290 g/mol. The standard InChI is InChI=1S/C15H22N4O2/c1-9(2)5-12-15(16-8-14(20)18-21)19-11(4)6-10(3)7-13(19)17-12/h6-7,9,16,21H,5,8H2,1-4H3,(H,18,20). The Morgan fingerprint density at radius 3 is 2.71 bits per heavy atom. The minimum Gasteiger partial charge on any atom is -0.360 e. The lowest BCUT2D eigenvalue weighted by Gasteiger charge is -2.11. The van der Waals surface area contributed by atoms with Gasteiger partial charge in [-0.2, -0.15) is 0 Å². The van der Waals surface area contributed by atoms with Gasteiger partial charge in [0.15, 0.2) is 0 Å². The van der Waals surface area contributed by atoms with Gasteiger partial charge in [0.1, 0.15) is 11.5 Å². The van der Waals surface area contributed by atoms with Crippen LogP contribution < -0.4 is 10.8 Å². The first-order chi connectivity index (χ1) is 9.92. The molecule has 0 saturated heterocycles. The molecule has 0 unspecified atom stereocenters. The Bertz CT molecular complexity index is 661. The van der Waals surface area contributed by atoms with E-state index in [0.29, 0.717) is 5.92 Å². The highest BCUT2D eigenvalue weighted by molar-refractivity contribution is 5.79. The Morgan fingerprint density at radius 2 is 2.10 bits per heavy atom. The van der Waals surface area contributed by atoms with E-state index in [1.807, 2.05) is 24.3 Å². The summed E-state index contributed by atoms with van der Waals surface area (Å²) in [7, 11) is 0. The van der Waals surface area contributed by atoms with Crippen molar-refractivity contribution in [3.8, 4) is 0 Å². The average Bonchev–Trinajstić information content (AvgIpc) is 2.72. The molecule has 0 radical (unpaired) electrons. The fourth-order valence-electron chi connectivity index (χ4n) is 2.49. The quantitative estimate of drug-likeness (QED) is 0.582. The second-order valence-corrected chi connectivity index (χ2v) is 5.76. The van der Waals surface area contributed by atoms with Gasteiger partial charge >= 0.3 is 0 Å². The van der Waals surface area contributed by atoms with Gasteiger partial charge in [-0.15, -0.1) is 0 Å². The molecule has 6 nitrogen and oxygen atoms in total. The Morgan fingerprint density at radius 1 is 1.38 bits per heavy atom. The third kappa shape index (κ3) is 3.33. The maximum atomic E-state index is 11.3. The van der Waals surface area contributed by atoms with Crippen molar-refractivity contribution in [2.75, 3.05) is 11.9 Å². The number of nitrogens with zero attached hydrogens (tertiary/aromatic N) is 2. The number of fused-ring (bicyclic) bond motifs is 1. The molecule has 2 aromatic rings. The molecule has 2 heterocycles. The second-order valence-electron chi connectivity index (χ2n) is 5.76. The number of rotatable bonds is 5. The fraction of sp³-hybridized carbons (Fsp3) is 0.467. The molecule has 3 N–H and O–H groups in total. The SMILES string of the molecule is Cc1cc(C)n2c(NCC(=O)NO)c(CC(C)C)nc2c1. The summed E-state index contributed by atoms with van der Waals surface area (Å²) in [6, 6.07) is 4.10. The Kier molecular flexibility index (Phi) is 4.47. The molecule has 1 amide bonds. The van der Waals surface area contributed by atoms with Crippen LogP contribution in [0.25, 0.3) is 5.65 Å². The lowest BCUT2D eigenvalue weighted by molar-refractivity contribution is -0.127. The largest absolute Gasteiger partial charge is 0.360 e. The summed E-state index contributed by atoms with van der Waals surface area (Å²) in [5.41, 5.74) is 5.64. The number of hydrogen-bond acceptors (Lipinski definition) is 4. The number of aryl methyl sites for hydroxylation is 2. The smallest absolute Gasteiger partial charge is 0.262 e. The molecule has 0 fully saturated rings. The maximum Gasteiger partial charge on any atom is 0.262 e. The summed E-state index contributed by atoms with van der Waals surface area (Å²) >= 11 is 0. The maximum absolute atomic E-state index is 11.3. The zero-order valence-electron chi connectivity index (χ0n) is 12.9. The van der Waals surface area contributed by atoms with Gasteiger partial charge in [0.05, 0.1) is 12.2 Å². The van der Waals surface area contributed by atoms with E-state index in [4.69, 9.17) is 5.21 Å². The van der Waals surface area contributed by atoms with E-state index < -0.39 is 5.91 Å². The van der Waals surface area contributed by atoms with E-state index >= 15 is 0 Å². The van der Waals surface area contributed by atoms with Crippen LogP contribution in [0.2, 0.25) is 0 Å². The summed E-state index contributed by atoms with van der Waals surface area (Å²) < 4.78 is 2.01. The molecule has 0 aromatic carbocycles. The fourth-order valence-corrected chi connectivity index (χ4v) is 2.49. The molecule has 0 bridgehead atoms. The van der Waals surface area contributed by atoms with Crippen LogP contribution in [0.4, 0.5) is 5.82 Å². The lowest BCUT2D eigenvalue weighted by atomic mass is 10.1. The molecule has 0 atom stereocenters. The van der Waals surface area contributed by atoms with E-state index in [1.54, 1.807) is 5.48 Å². The Hall–Kier alpha value is -2.08. The molecule has 114 valence electrons. The summed E-state index contributed by atoms with van der Waals surface area (Å²) in [6.45, 7) is 8.32. The van der Waals surface area contributed by atoms with Gasteiger partial charge in [-0.1, -0.05) is 13.8 Å². The van der Waals surface area contributed by atoms with Gasteiger partial charge in [-0.05, 0) is 43.9 Å². The van der Waals surface area contributed by atoms with E-state index in [2.05, 4.69) is 30.2 Å². The highest BCUT2D eigenvalue weighted by Crippen LogP contribution is 2.23. The number of anilines is 1. The Labute approximate surface area is 124 Å². The van der Waals surface area contributed by atoms with Gasteiger partial charge in [0.2, 0.25) is 0 Å². The van der Waals surface area contributed by atoms with Crippen molar-refractivity contribution >= 4 is 17.4 Å². The Balaban J connectivity index is 2.48. The monoisotopic (exact) mass is 290 g/mol. The third-order valence-corrected chi connectivity index (χ3v) is 3.26. The predicted molar refractivity (Wildman–Crippen MR) is 81.6 cm³/mol. The molecule has 0 aliphatic carbocycles. The number of hydrogen-bond donors (Lipinski definition) is 3. The highest BCUT2D eigenvalue weighted by atomic mass is 16.5. The molecular formula is C15H22N4O2. The zero-order chi connectivity index (χ0) is 15.6. The van der Waals surface area contributed by atoms with Crippen LogP contribution >= 0.6 is 0 Å². The van der Waals surface area contributed by atoms with Gasteiger partial charge in [-0.25, -0.2) is 10.5 Å². The van der Waals surface area contributed by atoms with Crippen molar-refractivity contribution in [3.05, 3.63) is 29.1 Å². The predicted octanol–water partition coefficient (Wildman–Crippen LogP) is 2.07. The van der Waals surface area contributed by atoms with E-state index in [1.165, 1.54) is 0 Å².